The second-order valence-corrected chi connectivity index (χ2v) is 4.97. The maximum atomic E-state index is 10.2. The van der Waals surface area contributed by atoms with Crippen LogP contribution >= 0.6 is 0 Å². The van der Waals surface area contributed by atoms with Crippen LogP contribution in [0.4, 0.5) is 0 Å². The number of aryl methyl sites for hydroxylation is 1. The molecule has 1 aromatic rings. The highest BCUT2D eigenvalue weighted by Gasteiger charge is 2.22. The van der Waals surface area contributed by atoms with Crippen LogP contribution in [0.15, 0.2) is 6.20 Å². The van der Waals surface area contributed by atoms with Crippen molar-refractivity contribution in [2.24, 2.45) is 0 Å². The van der Waals surface area contributed by atoms with Gasteiger partial charge in [-0.05, 0) is 27.2 Å². The van der Waals surface area contributed by atoms with Crippen LogP contribution in [-0.4, -0.2) is 22.8 Å². The van der Waals surface area contributed by atoms with E-state index in [2.05, 4.69) is 11.9 Å². The van der Waals surface area contributed by atoms with Gasteiger partial charge in [-0.3, -0.25) is 4.98 Å². The van der Waals surface area contributed by atoms with Gasteiger partial charge in [0, 0.05) is 29.4 Å². The Bertz CT molecular complexity index is 386. The fourth-order valence-electron chi connectivity index (χ4n) is 2.24. The highest BCUT2D eigenvalue weighted by atomic mass is 16.5. The van der Waals surface area contributed by atoms with Gasteiger partial charge in [0.1, 0.15) is 5.75 Å². The van der Waals surface area contributed by atoms with Gasteiger partial charge >= 0.3 is 0 Å². The molecule has 0 amide bonds. The summed E-state index contributed by atoms with van der Waals surface area (Å²) in [6.07, 6.45) is 4.13. The zero-order chi connectivity index (χ0) is 13.1. The molecular formula is C14H23NO2. The smallest absolute Gasteiger partial charge is 0.128 e. The topological polar surface area (TPSA) is 42.4 Å². The molecule has 1 atom stereocenters. The first kappa shape index (κ1) is 14.0. The van der Waals surface area contributed by atoms with E-state index in [4.69, 9.17) is 4.74 Å². The Hall–Kier alpha value is -1.09. The van der Waals surface area contributed by atoms with Gasteiger partial charge in [-0.2, -0.15) is 0 Å². The average Bonchev–Trinajstić information content (AvgIpc) is 2.23. The summed E-state index contributed by atoms with van der Waals surface area (Å²) in [7, 11) is 1.67. The summed E-state index contributed by atoms with van der Waals surface area (Å²) in [6, 6.07) is 0. The van der Waals surface area contributed by atoms with E-state index in [-0.39, 0.29) is 0 Å². The highest BCUT2D eigenvalue weighted by molar-refractivity contribution is 5.41. The number of hydrogen-bond donors (Lipinski definition) is 1. The van der Waals surface area contributed by atoms with Gasteiger partial charge in [0.05, 0.1) is 12.7 Å². The van der Waals surface area contributed by atoms with Gasteiger partial charge in [0.25, 0.3) is 0 Å². The lowest BCUT2D eigenvalue weighted by molar-refractivity contribution is 0.0493. The van der Waals surface area contributed by atoms with Crippen molar-refractivity contribution in [2.75, 3.05) is 7.11 Å². The summed E-state index contributed by atoms with van der Waals surface area (Å²) in [5.41, 5.74) is 2.30. The van der Waals surface area contributed by atoms with E-state index in [0.29, 0.717) is 6.42 Å². The maximum absolute atomic E-state index is 10.2. The Balaban J connectivity index is 3.00. The number of methoxy groups -OCH3 is 1. The molecule has 0 aromatic carbocycles. The number of ether oxygens (including phenoxy) is 1. The molecule has 0 bridgehead atoms. The second kappa shape index (κ2) is 5.50. The zero-order valence-corrected chi connectivity index (χ0v) is 11.5. The normalized spacial score (nSPS) is 14.5. The van der Waals surface area contributed by atoms with Gasteiger partial charge in [0.15, 0.2) is 0 Å². The van der Waals surface area contributed by atoms with E-state index in [0.717, 1.165) is 35.4 Å². The van der Waals surface area contributed by atoms with Crippen molar-refractivity contribution in [1.82, 2.24) is 4.98 Å². The van der Waals surface area contributed by atoms with Crippen molar-refractivity contribution >= 4 is 0 Å². The first-order valence-corrected chi connectivity index (χ1v) is 6.12. The Labute approximate surface area is 104 Å². The van der Waals surface area contributed by atoms with Crippen LogP contribution in [0.5, 0.6) is 5.75 Å². The van der Waals surface area contributed by atoms with Gasteiger partial charge in [-0.25, -0.2) is 0 Å². The predicted octanol–water partition coefficient (Wildman–Crippen LogP) is 2.80. The standard InChI is InChI=1S/C14H23NO2/c1-6-7-14(4,16)8-12-11(3)13(17-5)10(2)9-15-12/h9,16H,6-8H2,1-5H3. The average molecular weight is 237 g/mol. The van der Waals surface area contributed by atoms with Crippen LogP contribution in [0.2, 0.25) is 0 Å². The van der Waals surface area contributed by atoms with Gasteiger partial charge in [-0.1, -0.05) is 13.3 Å². The molecule has 0 saturated carbocycles. The Kier molecular flexibility index (Phi) is 4.52. The van der Waals surface area contributed by atoms with E-state index < -0.39 is 5.60 Å². The van der Waals surface area contributed by atoms with Crippen LogP contribution < -0.4 is 4.74 Å². The van der Waals surface area contributed by atoms with Gasteiger partial charge in [-0.15, -0.1) is 0 Å². The third-order valence-electron chi connectivity index (χ3n) is 3.09. The van der Waals surface area contributed by atoms with Crippen LogP contribution in [0.25, 0.3) is 0 Å². The third kappa shape index (κ3) is 3.43. The summed E-state index contributed by atoms with van der Waals surface area (Å²) in [4.78, 5) is 4.41. The summed E-state index contributed by atoms with van der Waals surface area (Å²) < 4.78 is 5.37. The quantitative estimate of drug-likeness (QED) is 0.856. The van der Waals surface area contributed by atoms with Gasteiger partial charge < -0.3 is 9.84 Å². The maximum Gasteiger partial charge on any atom is 0.128 e. The molecule has 0 aliphatic rings. The molecule has 0 fully saturated rings. The molecule has 0 saturated heterocycles. The lowest BCUT2D eigenvalue weighted by Gasteiger charge is -2.23. The minimum Gasteiger partial charge on any atom is -0.496 e. The summed E-state index contributed by atoms with van der Waals surface area (Å²) >= 11 is 0. The number of nitrogens with zero attached hydrogens (tertiary/aromatic N) is 1. The molecule has 0 aliphatic heterocycles. The van der Waals surface area contributed by atoms with E-state index in [1.54, 1.807) is 7.11 Å². The minimum atomic E-state index is -0.688. The van der Waals surface area contributed by atoms with Crippen LogP contribution in [0, 0.1) is 13.8 Å². The van der Waals surface area contributed by atoms with E-state index in [1.165, 1.54) is 0 Å². The third-order valence-corrected chi connectivity index (χ3v) is 3.09. The number of aromatic nitrogens is 1. The minimum absolute atomic E-state index is 0.573. The Morgan fingerprint density at radius 3 is 2.59 bits per heavy atom. The number of pyridine rings is 1. The molecule has 96 valence electrons. The first-order chi connectivity index (χ1) is 7.91. The van der Waals surface area contributed by atoms with Crippen molar-refractivity contribution in [1.29, 1.82) is 0 Å². The first-order valence-electron chi connectivity index (χ1n) is 6.12. The number of rotatable bonds is 5. The number of hydrogen-bond acceptors (Lipinski definition) is 3. The fraction of sp³-hybridized carbons (Fsp3) is 0.643. The fourth-order valence-corrected chi connectivity index (χ4v) is 2.24. The molecule has 0 aliphatic carbocycles. The van der Waals surface area contributed by atoms with Crippen LogP contribution in [-0.2, 0) is 6.42 Å². The van der Waals surface area contributed by atoms with Crippen LogP contribution in [0.1, 0.15) is 43.5 Å². The number of aliphatic hydroxyl groups is 1. The Morgan fingerprint density at radius 1 is 1.41 bits per heavy atom. The molecule has 0 radical (unpaired) electrons. The van der Waals surface area contributed by atoms with Crippen molar-refractivity contribution in [2.45, 2.75) is 52.6 Å². The largest absolute Gasteiger partial charge is 0.496 e. The highest BCUT2D eigenvalue weighted by Crippen LogP contribution is 2.27. The molecule has 0 spiro atoms. The molecular weight excluding hydrogens is 214 g/mol. The lowest BCUT2D eigenvalue weighted by Crippen LogP contribution is -2.27. The van der Waals surface area contributed by atoms with E-state index >= 15 is 0 Å². The predicted molar refractivity (Wildman–Crippen MR) is 69.5 cm³/mol. The summed E-state index contributed by atoms with van der Waals surface area (Å²) in [5, 5.41) is 10.2. The molecule has 1 heterocycles. The van der Waals surface area contributed by atoms with Crippen molar-refractivity contribution in [3.05, 3.63) is 23.0 Å². The second-order valence-electron chi connectivity index (χ2n) is 4.97. The molecule has 1 aromatic heterocycles. The Morgan fingerprint density at radius 2 is 2.06 bits per heavy atom. The van der Waals surface area contributed by atoms with Crippen molar-refractivity contribution < 1.29 is 9.84 Å². The van der Waals surface area contributed by atoms with Crippen molar-refractivity contribution in [3.63, 3.8) is 0 Å². The van der Waals surface area contributed by atoms with Crippen LogP contribution in [0.3, 0.4) is 0 Å². The zero-order valence-electron chi connectivity index (χ0n) is 11.5. The lowest BCUT2D eigenvalue weighted by atomic mass is 9.92. The molecule has 1 unspecified atom stereocenters. The molecule has 1 rings (SSSR count). The monoisotopic (exact) mass is 237 g/mol. The van der Waals surface area contributed by atoms with E-state index in [9.17, 15) is 5.11 Å². The molecule has 1 N–H and O–H groups in total. The summed E-state index contributed by atoms with van der Waals surface area (Å²) in [5.74, 6) is 0.877. The van der Waals surface area contributed by atoms with Gasteiger partial charge in [0.2, 0.25) is 0 Å². The van der Waals surface area contributed by atoms with Crippen molar-refractivity contribution in [3.8, 4) is 5.75 Å². The molecule has 3 nitrogen and oxygen atoms in total. The van der Waals surface area contributed by atoms with E-state index in [1.807, 2.05) is 27.0 Å². The molecule has 3 heteroatoms. The SMILES string of the molecule is CCCC(C)(O)Cc1ncc(C)c(OC)c1C. The summed E-state index contributed by atoms with van der Waals surface area (Å²) in [6.45, 7) is 7.91. The molecule has 17 heavy (non-hydrogen) atoms.